The quantitative estimate of drug-likeness (QED) is 0.863. The number of anilines is 1. The Morgan fingerprint density at radius 1 is 1.27 bits per heavy atom. The number of hydrogen-bond donors (Lipinski definition) is 1. The number of ether oxygens (including phenoxy) is 1. The van der Waals surface area contributed by atoms with E-state index in [1.807, 2.05) is 0 Å². The summed E-state index contributed by atoms with van der Waals surface area (Å²) in [4.78, 5) is 12.1. The molecule has 3 nitrogen and oxygen atoms in total. The molecule has 1 amide bonds. The van der Waals surface area contributed by atoms with E-state index in [9.17, 15) is 9.18 Å². The zero-order chi connectivity index (χ0) is 16.3. The van der Waals surface area contributed by atoms with E-state index < -0.39 is 17.8 Å². The summed E-state index contributed by atoms with van der Waals surface area (Å²) in [6.07, 6.45) is -0.804. The molecule has 0 aliphatic rings. The minimum Gasteiger partial charge on any atom is -0.479 e. The summed E-state index contributed by atoms with van der Waals surface area (Å²) in [5.74, 6) is -0.470. The second-order valence-electron chi connectivity index (χ2n) is 4.74. The molecule has 0 radical (unpaired) electrons. The average Bonchev–Trinajstić information content (AvgIpc) is 2.47. The van der Waals surface area contributed by atoms with Gasteiger partial charge in [-0.05, 0) is 49.7 Å². The molecule has 0 aliphatic carbocycles. The molecular weight excluding hydrogens is 328 g/mol. The van der Waals surface area contributed by atoms with Gasteiger partial charge in [-0.1, -0.05) is 29.3 Å². The van der Waals surface area contributed by atoms with Crippen molar-refractivity contribution < 1.29 is 13.9 Å². The van der Waals surface area contributed by atoms with Crippen LogP contribution in [-0.2, 0) is 4.79 Å². The van der Waals surface area contributed by atoms with Crippen molar-refractivity contribution in [3.8, 4) is 5.75 Å². The van der Waals surface area contributed by atoms with Crippen LogP contribution in [0.15, 0.2) is 36.4 Å². The molecular formula is C16H14Cl2FNO2. The maximum absolute atomic E-state index is 13.1. The van der Waals surface area contributed by atoms with E-state index in [2.05, 4.69) is 5.32 Å². The van der Waals surface area contributed by atoms with Crippen LogP contribution in [0.1, 0.15) is 12.5 Å². The lowest BCUT2D eigenvalue weighted by Gasteiger charge is -2.16. The number of carbonyl (C=O) groups is 1. The van der Waals surface area contributed by atoms with Crippen LogP contribution < -0.4 is 10.1 Å². The molecule has 116 valence electrons. The van der Waals surface area contributed by atoms with E-state index >= 15 is 0 Å². The summed E-state index contributed by atoms with van der Waals surface area (Å²) in [6, 6.07) is 8.87. The number of halogens is 3. The fourth-order valence-electron chi connectivity index (χ4n) is 1.78. The third-order valence-corrected chi connectivity index (χ3v) is 3.93. The van der Waals surface area contributed by atoms with Crippen LogP contribution in [0.4, 0.5) is 10.1 Å². The van der Waals surface area contributed by atoms with E-state index in [4.69, 9.17) is 27.9 Å². The molecule has 0 saturated carbocycles. The standard InChI is InChI=1S/C16H14Cl2FNO2/c1-9-13(17)6-7-14(15(9)18)22-10(2)16(21)20-12-5-3-4-11(19)8-12/h3-8,10H,1-2H3,(H,20,21). The fourth-order valence-corrected chi connectivity index (χ4v) is 2.20. The van der Waals surface area contributed by atoms with Gasteiger partial charge < -0.3 is 10.1 Å². The number of carbonyl (C=O) groups excluding carboxylic acids is 1. The second kappa shape index (κ2) is 6.99. The largest absolute Gasteiger partial charge is 0.479 e. The zero-order valence-corrected chi connectivity index (χ0v) is 13.5. The van der Waals surface area contributed by atoms with E-state index in [0.29, 0.717) is 27.0 Å². The monoisotopic (exact) mass is 341 g/mol. The molecule has 0 spiro atoms. The van der Waals surface area contributed by atoms with Gasteiger partial charge in [-0.15, -0.1) is 0 Å². The predicted octanol–water partition coefficient (Wildman–Crippen LogP) is 4.85. The van der Waals surface area contributed by atoms with Gasteiger partial charge in [0.1, 0.15) is 11.6 Å². The Kier molecular flexibility index (Phi) is 5.27. The van der Waals surface area contributed by atoms with Gasteiger partial charge in [-0.25, -0.2) is 4.39 Å². The minimum absolute atomic E-state index is 0.359. The molecule has 0 aliphatic heterocycles. The van der Waals surface area contributed by atoms with Gasteiger partial charge >= 0.3 is 0 Å². The summed E-state index contributed by atoms with van der Waals surface area (Å²) in [6.45, 7) is 3.34. The first-order valence-electron chi connectivity index (χ1n) is 6.56. The Morgan fingerprint density at radius 3 is 2.68 bits per heavy atom. The Balaban J connectivity index is 2.07. The van der Waals surface area contributed by atoms with Gasteiger partial charge in [0.25, 0.3) is 5.91 Å². The van der Waals surface area contributed by atoms with E-state index in [1.165, 1.54) is 18.2 Å². The average molecular weight is 342 g/mol. The summed E-state index contributed by atoms with van der Waals surface area (Å²) in [7, 11) is 0. The Labute approximate surface area is 138 Å². The smallest absolute Gasteiger partial charge is 0.265 e. The molecule has 0 bridgehead atoms. The minimum atomic E-state index is -0.804. The zero-order valence-electron chi connectivity index (χ0n) is 12.0. The van der Waals surface area contributed by atoms with E-state index in [0.717, 1.165) is 0 Å². The lowest BCUT2D eigenvalue weighted by Crippen LogP contribution is -2.30. The first-order chi connectivity index (χ1) is 10.4. The van der Waals surface area contributed by atoms with Crippen LogP contribution in [0.5, 0.6) is 5.75 Å². The van der Waals surface area contributed by atoms with Crippen molar-refractivity contribution in [2.75, 3.05) is 5.32 Å². The van der Waals surface area contributed by atoms with Crippen LogP contribution >= 0.6 is 23.2 Å². The predicted molar refractivity (Wildman–Crippen MR) is 86.3 cm³/mol. The second-order valence-corrected chi connectivity index (χ2v) is 5.53. The number of hydrogen-bond acceptors (Lipinski definition) is 2. The van der Waals surface area contributed by atoms with Gasteiger partial charge in [0.15, 0.2) is 6.10 Å². The molecule has 1 unspecified atom stereocenters. The molecule has 1 atom stereocenters. The molecule has 1 N–H and O–H groups in total. The molecule has 2 aromatic rings. The molecule has 2 rings (SSSR count). The van der Waals surface area contributed by atoms with Crippen LogP contribution in [0.3, 0.4) is 0 Å². The Hall–Kier alpha value is -1.78. The molecule has 22 heavy (non-hydrogen) atoms. The maximum atomic E-state index is 13.1. The van der Waals surface area contributed by atoms with Gasteiger partial charge in [0, 0.05) is 10.7 Å². The van der Waals surface area contributed by atoms with Crippen LogP contribution in [-0.4, -0.2) is 12.0 Å². The van der Waals surface area contributed by atoms with Crippen molar-refractivity contribution in [1.82, 2.24) is 0 Å². The number of nitrogens with one attached hydrogen (secondary N) is 1. The summed E-state index contributed by atoms with van der Waals surface area (Å²) in [5, 5.41) is 3.46. The summed E-state index contributed by atoms with van der Waals surface area (Å²) in [5.41, 5.74) is 1.04. The fraction of sp³-hybridized carbons (Fsp3) is 0.188. The van der Waals surface area contributed by atoms with Crippen molar-refractivity contribution in [2.45, 2.75) is 20.0 Å². The molecule has 0 saturated heterocycles. The third kappa shape index (κ3) is 3.90. The van der Waals surface area contributed by atoms with Gasteiger partial charge in [0.2, 0.25) is 0 Å². The SMILES string of the molecule is Cc1c(Cl)ccc(OC(C)C(=O)Nc2cccc(F)c2)c1Cl. The molecule has 0 heterocycles. The molecule has 0 aromatic heterocycles. The third-order valence-electron chi connectivity index (χ3n) is 3.05. The first kappa shape index (κ1) is 16.6. The highest BCUT2D eigenvalue weighted by Crippen LogP contribution is 2.33. The Morgan fingerprint density at radius 2 is 2.00 bits per heavy atom. The van der Waals surface area contributed by atoms with Crippen molar-refractivity contribution >= 4 is 34.8 Å². The lowest BCUT2D eigenvalue weighted by molar-refractivity contribution is -0.122. The highest BCUT2D eigenvalue weighted by atomic mass is 35.5. The van der Waals surface area contributed by atoms with Crippen molar-refractivity contribution in [3.05, 3.63) is 57.8 Å². The highest BCUT2D eigenvalue weighted by molar-refractivity contribution is 6.36. The highest BCUT2D eigenvalue weighted by Gasteiger charge is 2.17. The summed E-state index contributed by atoms with van der Waals surface area (Å²) >= 11 is 12.1. The molecule has 6 heteroatoms. The molecule has 2 aromatic carbocycles. The van der Waals surface area contributed by atoms with Crippen LogP contribution in [0.25, 0.3) is 0 Å². The van der Waals surface area contributed by atoms with E-state index in [-0.39, 0.29) is 0 Å². The Bertz CT molecular complexity index is 707. The summed E-state index contributed by atoms with van der Waals surface area (Å²) < 4.78 is 18.6. The lowest BCUT2D eigenvalue weighted by atomic mass is 10.2. The number of benzene rings is 2. The topological polar surface area (TPSA) is 38.3 Å². The van der Waals surface area contributed by atoms with E-state index in [1.54, 1.807) is 32.0 Å². The number of rotatable bonds is 4. The van der Waals surface area contributed by atoms with Gasteiger partial charge in [0.05, 0.1) is 5.02 Å². The van der Waals surface area contributed by atoms with Gasteiger partial charge in [-0.2, -0.15) is 0 Å². The van der Waals surface area contributed by atoms with Crippen molar-refractivity contribution in [2.24, 2.45) is 0 Å². The number of amides is 1. The maximum Gasteiger partial charge on any atom is 0.265 e. The first-order valence-corrected chi connectivity index (χ1v) is 7.31. The van der Waals surface area contributed by atoms with Gasteiger partial charge in [-0.3, -0.25) is 4.79 Å². The molecule has 0 fully saturated rings. The van der Waals surface area contributed by atoms with Crippen molar-refractivity contribution in [1.29, 1.82) is 0 Å². The van der Waals surface area contributed by atoms with Crippen LogP contribution in [0, 0.1) is 12.7 Å². The normalized spacial score (nSPS) is 11.9. The van der Waals surface area contributed by atoms with Crippen molar-refractivity contribution in [3.63, 3.8) is 0 Å². The van der Waals surface area contributed by atoms with Crippen LogP contribution in [0.2, 0.25) is 10.0 Å².